The van der Waals surface area contributed by atoms with Gasteiger partial charge in [-0.15, -0.1) is 0 Å². The van der Waals surface area contributed by atoms with Crippen molar-refractivity contribution < 1.29 is 0 Å². The molecule has 0 amide bonds. The van der Waals surface area contributed by atoms with Crippen LogP contribution < -0.4 is 10.3 Å². The molecule has 1 rings (SSSR count). The monoisotopic (exact) mass is 254 g/mol. The molecule has 0 saturated carbocycles. The molecule has 17 heavy (non-hydrogen) atoms. The lowest BCUT2D eigenvalue weighted by molar-refractivity contribution is 0.416. The van der Waals surface area contributed by atoms with E-state index in [1.54, 1.807) is 0 Å². The van der Waals surface area contributed by atoms with Crippen molar-refractivity contribution in [3.8, 4) is 0 Å². The maximum atomic E-state index is 11.8. The molecule has 0 unspecified atom stereocenters. The molecule has 0 atom stereocenters. The van der Waals surface area contributed by atoms with E-state index in [4.69, 9.17) is 12.2 Å². The predicted molar refractivity (Wildman–Crippen MR) is 76.4 cm³/mol. The fourth-order valence-electron chi connectivity index (χ4n) is 1.90. The molecule has 3 nitrogen and oxygen atoms in total. The first kappa shape index (κ1) is 14.3. The smallest absolute Gasteiger partial charge is 0.204 e. The highest BCUT2D eigenvalue weighted by molar-refractivity contribution is 7.71. The van der Waals surface area contributed by atoms with Crippen LogP contribution in [0.1, 0.15) is 26.3 Å². The molecular weight excluding hydrogens is 232 g/mol. The van der Waals surface area contributed by atoms with E-state index < -0.39 is 0 Å². The quantitative estimate of drug-likeness (QED) is 0.766. The lowest BCUT2D eigenvalue weighted by Gasteiger charge is -2.31. The van der Waals surface area contributed by atoms with Crippen LogP contribution in [0.25, 0.3) is 0 Å². The van der Waals surface area contributed by atoms with E-state index in [0.717, 1.165) is 24.3 Å². The van der Waals surface area contributed by atoms with Gasteiger partial charge in [-0.3, -0.25) is 4.79 Å². The molecule has 1 aromatic carbocycles. The first-order valence-corrected chi connectivity index (χ1v) is 6.26. The number of nitrogens with zero attached hydrogens (tertiary/aromatic N) is 2. The third kappa shape index (κ3) is 2.93. The van der Waals surface area contributed by atoms with Crippen molar-refractivity contribution in [2.24, 2.45) is 0 Å². The van der Waals surface area contributed by atoms with Crippen molar-refractivity contribution in [2.45, 2.75) is 26.2 Å². The molecule has 96 valence electrons. The Kier molecular flexibility index (Phi) is 4.10. The third-order valence-electron chi connectivity index (χ3n) is 2.90. The molecule has 4 heteroatoms. The summed E-state index contributed by atoms with van der Waals surface area (Å²) in [7, 11) is 6.08. The van der Waals surface area contributed by atoms with E-state index >= 15 is 0 Å². The molecule has 0 N–H and O–H groups in total. The van der Waals surface area contributed by atoms with E-state index in [9.17, 15) is 4.79 Å². The molecule has 0 aliphatic carbocycles. The fourth-order valence-corrected chi connectivity index (χ4v) is 2.26. The van der Waals surface area contributed by atoms with Gasteiger partial charge in [0, 0.05) is 25.7 Å². The van der Waals surface area contributed by atoms with Crippen molar-refractivity contribution in [2.75, 3.05) is 39.1 Å². The second kappa shape index (κ2) is 4.86. The Labute approximate surface area is 109 Å². The second-order valence-electron chi connectivity index (χ2n) is 5.86. The van der Waals surface area contributed by atoms with E-state index in [1.807, 2.05) is 21.1 Å². The SMILES string of the molecule is CN(C)CCN(C)c1c(C(C)(C)C)c(=O)c1=S. The molecule has 1 aromatic rings. The lowest BCUT2D eigenvalue weighted by Crippen LogP contribution is -2.37. The third-order valence-corrected chi connectivity index (χ3v) is 3.28. The highest BCUT2D eigenvalue weighted by Gasteiger charge is 2.29. The van der Waals surface area contributed by atoms with Gasteiger partial charge >= 0.3 is 0 Å². The van der Waals surface area contributed by atoms with Crippen LogP contribution in [0.4, 0.5) is 5.69 Å². The van der Waals surface area contributed by atoms with Gasteiger partial charge in [-0.25, -0.2) is 0 Å². The average Bonchev–Trinajstić information content (AvgIpc) is 2.19. The Morgan fingerprint density at radius 3 is 2.06 bits per heavy atom. The van der Waals surface area contributed by atoms with Crippen LogP contribution in [0.5, 0.6) is 0 Å². The summed E-state index contributed by atoms with van der Waals surface area (Å²) in [5.41, 5.74) is 1.78. The van der Waals surface area contributed by atoms with Crippen molar-refractivity contribution in [3.63, 3.8) is 0 Å². The minimum absolute atomic E-state index is 0.0548. The van der Waals surface area contributed by atoms with Gasteiger partial charge in [0.05, 0.1) is 5.69 Å². The van der Waals surface area contributed by atoms with Crippen LogP contribution in [-0.2, 0) is 5.41 Å². The maximum absolute atomic E-state index is 11.8. The summed E-state index contributed by atoms with van der Waals surface area (Å²) in [6.07, 6.45) is 0. The van der Waals surface area contributed by atoms with Gasteiger partial charge in [-0.1, -0.05) is 33.0 Å². The standard InChI is InChI=1S/C13H22N2OS/c1-13(2,3)9-10(12(17)11(9)16)15(6)8-7-14(4)5/h7-8H2,1-6H3. The molecule has 0 spiro atoms. The van der Waals surface area contributed by atoms with Gasteiger partial charge in [-0.05, 0) is 19.5 Å². The van der Waals surface area contributed by atoms with Gasteiger partial charge in [-0.2, -0.15) is 0 Å². The van der Waals surface area contributed by atoms with Crippen LogP contribution >= 0.6 is 12.2 Å². The minimum Gasteiger partial charge on any atom is -0.372 e. The molecule has 0 aliphatic heterocycles. The van der Waals surface area contributed by atoms with Gasteiger partial charge < -0.3 is 9.80 Å². The molecule has 0 fully saturated rings. The van der Waals surface area contributed by atoms with Gasteiger partial charge in [0.15, 0.2) is 0 Å². The Balaban J connectivity index is 2.96. The van der Waals surface area contributed by atoms with Gasteiger partial charge in [0.25, 0.3) is 0 Å². The topological polar surface area (TPSA) is 23.6 Å². The van der Waals surface area contributed by atoms with Crippen LogP contribution in [-0.4, -0.2) is 39.1 Å². The van der Waals surface area contributed by atoms with Crippen molar-refractivity contribution in [3.05, 3.63) is 20.3 Å². The zero-order chi connectivity index (χ0) is 13.4. The van der Waals surface area contributed by atoms with E-state index in [0.29, 0.717) is 4.51 Å². The summed E-state index contributed by atoms with van der Waals surface area (Å²) in [6, 6.07) is 0. The van der Waals surface area contributed by atoms with E-state index in [1.165, 1.54) is 0 Å². The molecular formula is C13H22N2OS. The molecule has 0 heterocycles. The molecule has 0 saturated heterocycles. The number of anilines is 1. The summed E-state index contributed by atoms with van der Waals surface area (Å²) in [6.45, 7) is 8.01. The van der Waals surface area contributed by atoms with E-state index in [2.05, 4.69) is 30.6 Å². The van der Waals surface area contributed by atoms with Crippen molar-refractivity contribution >= 4 is 17.9 Å². The zero-order valence-corrected chi connectivity index (χ0v) is 12.4. The first-order valence-electron chi connectivity index (χ1n) is 5.86. The number of hydrogen-bond donors (Lipinski definition) is 0. The summed E-state index contributed by atoms with van der Waals surface area (Å²) in [5.74, 6) is 0. The number of rotatable bonds is 4. The molecule has 0 bridgehead atoms. The first-order chi connectivity index (χ1) is 7.66. The van der Waals surface area contributed by atoms with Gasteiger partial charge in [0.2, 0.25) is 5.43 Å². The van der Waals surface area contributed by atoms with Crippen LogP contribution in [0.3, 0.4) is 0 Å². The summed E-state index contributed by atoms with van der Waals surface area (Å²) in [5, 5.41) is 0. The Morgan fingerprint density at radius 1 is 1.12 bits per heavy atom. The predicted octanol–water partition coefficient (Wildman–Crippen LogP) is 1.95. The van der Waals surface area contributed by atoms with E-state index in [-0.39, 0.29) is 10.8 Å². The Morgan fingerprint density at radius 2 is 1.65 bits per heavy atom. The lowest BCUT2D eigenvalue weighted by atomic mass is 9.82. The Hall–Kier alpha value is -0.740. The zero-order valence-electron chi connectivity index (χ0n) is 11.6. The summed E-state index contributed by atoms with van der Waals surface area (Å²) >= 11 is 5.17. The van der Waals surface area contributed by atoms with Crippen molar-refractivity contribution in [1.82, 2.24) is 4.90 Å². The molecule has 0 aliphatic rings. The fraction of sp³-hybridized carbons (Fsp3) is 0.692. The van der Waals surface area contributed by atoms with Crippen molar-refractivity contribution in [1.29, 1.82) is 0 Å². The minimum atomic E-state index is -0.124. The highest BCUT2D eigenvalue weighted by Crippen LogP contribution is 2.32. The van der Waals surface area contributed by atoms with Gasteiger partial charge in [0.1, 0.15) is 4.51 Å². The maximum Gasteiger partial charge on any atom is 0.204 e. The summed E-state index contributed by atoms with van der Waals surface area (Å²) < 4.78 is 0.496. The average molecular weight is 254 g/mol. The second-order valence-corrected chi connectivity index (χ2v) is 6.26. The largest absolute Gasteiger partial charge is 0.372 e. The Bertz CT molecular complexity index is 464. The summed E-state index contributed by atoms with van der Waals surface area (Å²) in [4.78, 5) is 16.0. The van der Waals surface area contributed by atoms with Crippen LogP contribution in [0.2, 0.25) is 0 Å². The highest BCUT2D eigenvalue weighted by atomic mass is 32.1. The number of hydrogen-bond acceptors (Lipinski definition) is 4. The van der Waals surface area contributed by atoms with Crippen LogP contribution in [0.15, 0.2) is 4.79 Å². The molecule has 0 aromatic heterocycles. The molecule has 0 radical (unpaired) electrons. The normalized spacial score (nSPS) is 12.4. The van der Waals surface area contributed by atoms with Crippen LogP contribution in [0, 0.1) is 4.51 Å². The number of likely N-dealkylation sites (N-methyl/N-ethyl adjacent to an activating group) is 2.